The third-order valence-electron chi connectivity index (χ3n) is 3.38. The highest BCUT2D eigenvalue weighted by atomic mass is 16.5. The number of H-pyrrole nitrogens is 1. The smallest absolute Gasteiger partial charge is 0.119 e. The van der Waals surface area contributed by atoms with E-state index in [1.807, 2.05) is 44.3 Å². The maximum absolute atomic E-state index is 5.65. The summed E-state index contributed by atoms with van der Waals surface area (Å²) in [5.41, 5.74) is 3.56. The number of ether oxygens (including phenoxy) is 1. The van der Waals surface area contributed by atoms with Crippen molar-refractivity contribution in [2.24, 2.45) is 0 Å². The van der Waals surface area contributed by atoms with Crippen molar-refractivity contribution in [1.29, 1.82) is 0 Å². The number of hydrogen-bond acceptors (Lipinski definition) is 2. The maximum Gasteiger partial charge on any atom is 0.119 e. The van der Waals surface area contributed by atoms with Gasteiger partial charge in [0.25, 0.3) is 0 Å². The van der Waals surface area contributed by atoms with Gasteiger partial charge in [0.2, 0.25) is 0 Å². The van der Waals surface area contributed by atoms with Gasteiger partial charge in [0.1, 0.15) is 5.75 Å². The van der Waals surface area contributed by atoms with Crippen LogP contribution in [0.3, 0.4) is 0 Å². The molecule has 21 heavy (non-hydrogen) atoms. The molecule has 3 rings (SSSR count). The lowest BCUT2D eigenvalue weighted by molar-refractivity contribution is 0.242. The fourth-order valence-electron chi connectivity index (χ4n) is 2.42. The summed E-state index contributed by atoms with van der Waals surface area (Å²) in [6.07, 6.45) is 2.18. The molecule has 2 aromatic carbocycles. The highest BCUT2D eigenvalue weighted by Gasteiger charge is 2.02. The second-order valence-corrected chi connectivity index (χ2v) is 5.40. The van der Waals surface area contributed by atoms with Crippen molar-refractivity contribution in [3.05, 3.63) is 60.3 Å². The second kappa shape index (κ2) is 5.92. The van der Waals surface area contributed by atoms with E-state index < -0.39 is 0 Å². The van der Waals surface area contributed by atoms with Crippen molar-refractivity contribution in [2.75, 3.05) is 5.32 Å². The van der Waals surface area contributed by atoms with Crippen LogP contribution in [0.5, 0.6) is 5.75 Å². The largest absolute Gasteiger partial charge is 0.491 e. The normalized spacial score (nSPS) is 11.0. The van der Waals surface area contributed by atoms with Gasteiger partial charge >= 0.3 is 0 Å². The number of hydrogen-bond donors (Lipinski definition) is 2. The Morgan fingerprint density at radius 1 is 1.05 bits per heavy atom. The molecule has 0 saturated heterocycles. The molecule has 0 aliphatic carbocycles. The predicted octanol–water partition coefficient (Wildman–Crippen LogP) is 4.57. The van der Waals surface area contributed by atoms with Crippen LogP contribution in [-0.4, -0.2) is 11.1 Å². The maximum atomic E-state index is 5.65. The molecule has 2 N–H and O–H groups in total. The fraction of sp³-hybridized carbons (Fsp3) is 0.222. The third-order valence-corrected chi connectivity index (χ3v) is 3.38. The molecular formula is C18H20N2O. The third kappa shape index (κ3) is 3.19. The van der Waals surface area contributed by atoms with Crippen molar-refractivity contribution in [3.63, 3.8) is 0 Å². The van der Waals surface area contributed by atoms with Crippen molar-refractivity contribution in [1.82, 2.24) is 4.98 Å². The van der Waals surface area contributed by atoms with E-state index in [0.717, 1.165) is 18.0 Å². The van der Waals surface area contributed by atoms with Gasteiger partial charge in [-0.25, -0.2) is 0 Å². The molecule has 0 saturated carbocycles. The molecule has 0 unspecified atom stereocenters. The van der Waals surface area contributed by atoms with Crippen molar-refractivity contribution < 1.29 is 4.74 Å². The van der Waals surface area contributed by atoms with Crippen LogP contribution >= 0.6 is 0 Å². The molecule has 3 heteroatoms. The van der Waals surface area contributed by atoms with Gasteiger partial charge < -0.3 is 15.0 Å². The minimum atomic E-state index is 0.203. The summed E-state index contributed by atoms with van der Waals surface area (Å²) >= 11 is 0. The second-order valence-electron chi connectivity index (χ2n) is 5.40. The summed E-state index contributed by atoms with van der Waals surface area (Å²) in [5, 5.41) is 4.69. The van der Waals surface area contributed by atoms with Gasteiger partial charge in [-0.2, -0.15) is 0 Å². The van der Waals surface area contributed by atoms with Crippen molar-refractivity contribution in [2.45, 2.75) is 26.5 Å². The molecule has 1 heterocycles. The minimum Gasteiger partial charge on any atom is -0.491 e. The fourth-order valence-corrected chi connectivity index (χ4v) is 2.42. The molecule has 0 aliphatic heterocycles. The summed E-state index contributed by atoms with van der Waals surface area (Å²) < 4.78 is 5.65. The summed E-state index contributed by atoms with van der Waals surface area (Å²) in [4.78, 5) is 3.30. The monoisotopic (exact) mass is 280 g/mol. The lowest BCUT2D eigenvalue weighted by Crippen LogP contribution is -2.05. The first-order valence-electron chi connectivity index (χ1n) is 7.28. The van der Waals surface area contributed by atoms with Crippen LogP contribution in [0.2, 0.25) is 0 Å². The Hall–Kier alpha value is -2.42. The number of nitrogens with one attached hydrogen (secondary N) is 2. The highest BCUT2D eigenvalue weighted by molar-refractivity contribution is 5.82. The lowest BCUT2D eigenvalue weighted by atomic mass is 10.1. The average molecular weight is 280 g/mol. The van der Waals surface area contributed by atoms with Crippen LogP contribution in [-0.2, 0) is 6.54 Å². The predicted molar refractivity (Wildman–Crippen MR) is 87.8 cm³/mol. The molecule has 1 aromatic heterocycles. The number of anilines is 1. The molecule has 0 atom stereocenters. The van der Waals surface area contributed by atoms with Gasteiger partial charge in [0.15, 0.2) is 0 Å². The number of aromatic amines is 1. The number of para-hydroxylation sites is 1. The minimum absolute atomic E-state index is 0.203. The van der Waals surface area contributed by atoms with Crippen LogP contribution in [0.1, 0.15) is 19.4 Å². The SMILES string of the molecule is CC(C)Oc1ccc(NCc2cccc3cc[nH]c23)cc1. The van der Waals surface area contributed by atoms with Crippen molar-refractivity contribution in [3.8, 4) is 5.75 Å². The topological polar surface area (TPSA) is 37.0 Å². The molecule has 3 nitrogen and oxygen atoms in total. The van der Waals surface area contributed by atoms with Crippen LogP contribution < -0.4 is 10.1 Å². The number of rotatable bonds is 5. The van der Waals surface area contributed by atoms with Crippen molar-refractivity contribution >= 4 is 16.6 Å². The molecule has 3 aromatic rings. The average Bonchev–Trinajstić information content (AvgIpc) is 2.95. The van der Waals surface area contributed by atoms with E-state index in [1.165, 1.54) is 16.5 Å². The molecule has 0 bridgehead atoms. The molecule has 0 radical (unpaired) electrons. The van der Waals surface area contributed by atoms with E-state index in [2.05, 4.69) is 34.6 Å². The van der Waals surface area contributed by atoms with E-state index in [4.69, 9.17) is 4.74 Å². The first kappa shape index (κ1) is 13.6. The molecule has 0 fully saturated rings. The lowest BCUT2D eigenvalue weighted by Gasteiger charge is -2.11. The number of fused-ring (bicyclic) bond motifs is 1. The van der Waals surface area contributed by atoms with Crippen LogP contribution in [0, 0.1) is 0 Å². The van der Waals surface area contributed by atoms with Gasteiger partial charge in [0.05, 0.1) is 11.6 Å². The van der Waals surface area contributed by atoms with Gasteiger partial charge in [-0.1, -0.05) is 18.2 Å². The zero-order valence-corrected chi connectivity index (χ0v) is 12.4. The Kier molecular flexibility index (Phi) is 3.82. The Balaban J connectivity index is 1.68. The van der Waals surface area contributed by atoms with E-state index in [9.17, 15) is 0 Å². The van der Waals surface area contributed by atoms with E-state index >= 15 is 0 Å². The molecular weight excluding hydrogens is 260 g/mol. The first-order valence-corrected chi connectivity index (χ1v) is 7.28. The van der Waals surface area contributed by atoms with Gasteiger partial charge in [-0.3, -0.25) is 0 Å². The number of aromatic nitrogens is 1. The highest BCUT2D eigenvalue weighted by Crippen LogP contribution is 2.20. The molecule has 108 valence electrons. The molecule has 0 amide bonds. The van der Waals surface area contributed by atoms with E-state index in [-0.39, 0.29) is 6.10 Å². The van der Waals surface area contributed by atoms with Gasteiger partial charge in [-0.15, -0.1) is 0 Å². The van der Waals surface area contributed by atoms with Gasteiger partial charge in [-0.05, 0) is 55.1 Å². The molecule has 0 spiro atoms. The standard InChI is InChI=1S/C18H20N2O/c1-13(2)21-17-8-6-16(7-9-17)20-12-15-5-3-4-14-10-11-19-18(14)15/h3-11,13,19-20H,12H2,1-2H3. The quantitative estimate of drug-likeness (QED) is 0.718. The first-order chi connectivity index (χ1) is 10.2. The zero-order chi connectivity index (χ0) is 14.7. The zero-order valence-electron chi connectivity index (χ0n) is 12.4. The summed E-state index contributed by atoms with van der Waals surface area (Å²) in [5.74, 6) is 0.905. The van der Waals surface area contributed by atoms with Crippen LogP contribution in [0.4, 0.5) is 5.69 Å². The van der Waals surface area contributed by atoms with E-state index in [1.54, 1.807) is 0 Å². The Bertz CT molecular complexity index is 713. The Morgan fingerprint density at radius 2 is 1.86 bits per heavy atom. The van der Waals surface area contributed by atoms with Crippen LogP contribution in [0.15, 0.2) is 54.7 Å². The Labute approximate surface area is 125 Å². The van der Waals surface area contributed by atoms with E-state index in [0.29, 0.717) is 0 Å². The summed E-state index contributed by atoms with van der Waals surface area (Å²) in [6.45, 7) is 4.86. The van der Waals surface area contributed by atoms with Crippen LogP contribution in [0.25, 0.3) is 10.9 Å². The summed E-state index contributed by atoms with van der Waals surface area (Å²) in [6, 6.07) is 16.5. The number of benzene rings is 2. The summed E-state index contributed by atoms with van der Waals surface area (Å²) in [7, 11) is 0. The molecule has 0 aliphatic rings. The Morgan fingerprint density at radius 3 is 2.62 bits per heavy atom. The van der Waals surface area contributed by atoms with Gasteiger partial charge in [0, 0.05) is 18.4 Å².